The van der Waals surface area contributed by atoms with Crippen LogP contribution in [0, 0.1) is 13.8 Å². The van der Waals surface area contributed by atoms with E-state index in [0.717, 1.165) is 17.0 Å². The van der Waals surface area contributed by atoms with E-state index < -0.39 is 11.8 Å². The van der Waals surface area contributed by atoms with Crippen molar-refractivity contribution in [2.45, 2.75) is 19.9 Å². The first-order valence-electron chi connectivity index (χ1n) is 6.11. The van der Waals surface area contributed by atoms with Gasteiger partial charge >= 0.3 is 11.8 Å². The minimum atomic E-state index is -0.984. The Balaban J connectivity index is 2.24. The molecule has 0 radical (unpaired) electrons. The van der Waals surface area contributed by atoms with Crippen molar-refractivity contribution in [2.24, 2.45) is 5.73 Å². The van der Waals surface area contributed by atoms with Crippen molar-refractivity contribution in [3.05, 3.63) is 39.8 Å². The van der Waals surface area contributed by atoms with Crippen LogP contribution in [0.2, 0.25) is 0 Å². The summed E-state index contributed by atoms with van der Waals surface area (Å²) in [6.07, 6.45) is 0. The first-order valence-corrected chi connectivity index (χ1v) is 7.06. The normalized spacial score (nSPS) is 12.1. The topological polar surface area (TPSA) is 90.0 Å². The van der Waals surface area contributed by atoms with E-state index >= 15 is 0 Å². The summed E-state index contributed by atoms with van der Waals surface area (Å²) in [5.74, 6) is -1.77. The molecule has 0 aromatic carbocycles. The molecule has 7 heteroatoms. The van der Waals surface area contributed by atoms with Crippen LogP contribution in [-0.4, -0.2) is 28.1 Å². The van der Waals surface area contributed by atoms with Gasteiger partial charge < -0.3 is 11.1 Å². The van der Waals surface area contributed by atoms with E-state index in [2.05, 4.69) is 10.4 Å². The summed E-state index contributed by atoms with van der Waals surface area (Å²) in [4.78, 5) is 22.1. The molecular formula is C13H16N4O2S. The molecule has 3 N–H and O–H groups in total. The molecule has 0 aliphatic carbocycles. The van der Waals surface area contributed by atoms with Crippen LogP contribution in [-0.2, 0) is 9.59 Å². The second-order valence-electron chi connectivity index (χ2n) is 4.52. The molecule has 2 amide bonds. The van der Waals surface area contributed by atoms with Crippen molar-refractivity contribution in [3.8, 4) is 0 Å². The average Bonchev–Trinajstić information content (AvgIpc) is 3.00. The highest BCUT2D eigenvalue weighted by atomic mass is 32.1. The molecule has 0 saturated carbocycles. The molecule has 2 aromatic heterocycles. The van der Waals surface area contributed by atoms with Crippen LogP contribution in [0.25, 0.3) is 0 Å². The largest absolute Gasteiger partial charge is 0.361 e. The van der Waals surface area contributed by atoms with Crippen LogP contribution in [0.5, 0.6) is 0 Å². The van der Waals surface area contributed by atoms with Gasteiger partial charge in [-0.3, -0.25) is 14.3 Å². The Morgan fingerprint density at radius 2 is 2.25 bits per heavy atom. The summed E-state index contributed by atoms with van der Waals surface area (Å²) in [7, 11) is 0. The molecule has 106 valence electrons. The zero-order valence-corrected chi connectivity index (χ0v) is 12.1. The van der Waals surface area contributed by atoms with Crippen molar-refractivity contribution < 1.29 is 9.59 Å². The highest BCUT2D eigenvalue weighted by Crippen LogP contribution is 2.22. The summed E-state index contributed by atoms with van der Waals surface area (Å²) in [5.41, 5.74) is 7.87. The third-order valence-electron chi connectivity index (χ3n) is 2.95. The SMILES string of the molecule is Cc1cc(C)n([C@H](CNC(=O)C(N)=O)c2ccsc2)n1. The van der Waals surface area contributed by atoms with Gasteiger partial charge in [0.2, 0.25) is 0 Å². The number of amides is 2. The van der Waals surface area contributed by atoms with Crippen LogP contribution in [0.4, 0.5) is 0 Å². The molecule has 0 aliphatic rings. The Morgan fingerprint density at radius 1 is 1.50 bits per heavy atom. The molecule has 0 saturated heterocycles. The summed E-state index contributed by atoms with van der Waals surface area (Å²) >= 11 is 1.57. The van der Waals surface area contributed by atoms with Gasteiger partial charge in [0, 0.05) is 12.2 Å². The molecule has 6 nitrogen and oxygen atoms in total. The summed E-state index contributed by atoms with van der Waals surface area (Å²) < 4.78 is 1.85. The fraction of sp³-hybridized carbons (Fsp3) is 0.308. The lowest BCUT2D eigenvalue weighted by Gasteiger charge is -2.18. The van der Waals surface area contributed by atoms with Gasteiger partial charge in [-0.2, -0.15) is 16.4 Å². The van der Waals surface area contributed by atoms with Gasteiger partial charge in [-0.15, -0.1) is 0 Å². The number of carbonyl (C=O) groups excluding carboxylic acids is 2. The predicted octanol–water partition coefficient (Wildman–Crippen LogP) is 0.752. The number of nitrogens with zero attached hydrogens (tertiary/aromatic N) is 2. The van der Waals surface area contributed by atoms with Crippen molar-refractivity contribution in [1.82, 2.24) is 15.1 Å². The van der Waals surface area contributed by atoms with Crippen molar-refractivity contribution >= 4 is 23.2 Å². The lowest BCUT2D eigenvalue weighted by Crippen LogP contribution is -2.39. The zero-order valence-electron chi connectivity index (χ0n) is 11.3. The second kappa shape index (κ2) is 5.87. The Morgan fingerprint density at radius 3 is 2.75 bits per heavy atom. The first-order chi connectivity index (χ1) is 9.49. The molecule has 0 aliphatic heterocycles. The Kier molecular flexibility index (Phi) is 4.19. The number of aryl methyl sites for hydroxylation is 2. The molecule has 2 aromatic rings. The number of nitrogens with two attached hydrogens (primary N) is 1. The van der Waals surface area contributed by atoms with Gasteiger partial charge in [0.1, 0.15) is 0 Å². The van der Waals surface area contributed by atoms with Crippen molar-refractivity contribution in [3.63, 3.8) is 0 Å². The van der Waals surface area contributed by atoms with Crippen molar-refractivity contribution in [2.75, 3.05) is 6.54 Å². The Bertz CT molecular complexity index is 618. The molecule has 0 unspecified atom stereocenters. The predicted molar refractivity (Wildman–Crippen MR) is 76.4 cm³/mol. The smallest absolute Gasteiger partial charge is 0.309 e. The molecule has 0 spiro atoms. The quantitative estimate of drug-likeness (QED) is 0.815. The highest BCUT2D eigenvalue weighted by molar-refractivity contribution is 7.07. The van der Waals surface area contributed by atoms with Gasteiger partial charge in [-0.1, -0.05) is 0 Å². The number of carbonyl (C=O) groups is 2. The third kappa shape index (κ3) is 3.05. The van der Waals surface area contributed by atoms with E-state index in [1.807, 2.05) is 41.4 Å². The molecule has 2 heterocycles. The van der Waals surface area contributed by atoms with Gasteiger partial charge in [0.05, 0.1) is 11.7 Å². The van der Waals surface area contributed by atoms with Gasteiger partial charge in [0.15, 0.2) is 0 Å². The van der Waals surface area contributed by atoms with Gasteiger partial charge in [-0.05, 0) is 42.3 Å². The van der Waals surface area contributed by atoms with E-state index in [4.69, 9.17) is 5.73 Å². The van der Waals surface area contributed by atoms with E-state index in [-0.39, 0.29) is 12.6 Å². The van der Waals surface area contributed by atoms with Crippen LogP contribution < -0.4 is 11.1 Å². The maximum absolute atomic E-state index is 11.3. The average molecular weight is 292 g/mol. The zero-order chi connectivity index (χ0) is 14.7. The number of primary amides is 1. The van der Waals surface area contributed by atoms with Crippen LogP contribution in [0.1, 0.15) is 23.0 Å². The molecular weight excluding hydrogens is 276 g/mol. The number of hydrogen-bond donors (Lipinski definition) is 2. The van der Waals surface area contributed by atoms with Gasteiger partial charge in [-0.25, -0.2) is 0 Å². The standard InChI is InChI=1S/C13H16N4O2S/c1-8-5-9(2)17(16-8)11(10-3-4-20-7-10)6-15-13(19)12(14)18/h3-5,7,11H,6H2,1-2H3,(H2,14,18)(H,15,19)/t11-/m1/s1. The van der Waals surface area contributed by atoms with Crippen LogP contribution in [0.3, 0.4) is 0 Å². The fourth-order valence-electron chi connectivity index (χ4n) is 2.05. The molecule has 0 bridgehead atoms. The fourth-order valence-corrected chi connectivity index (χ4v) is 2.76. The maximum atomic E-state index is 11.3. The van der Waals surface area contributed by atoms with Crippen LogP contribution >= 0.6 is 11.3 Å². The van der Waals surface area contributed by atoms with Gasteiger partial charge in [0.25, 0.3) is 0 Å². The second-order valence-corrected chi connectivity index (χ2v) is 5.30. The number of rotatable bonds is 4. The van der Waals surface area contributed by atoms with E-state index in [9.17, 15) is 9.59 Å². The number of thiophene rings is 1. The summed E-state index contributed by atoms with van der Waals surface area (Å²) in [6.45, 7) is 4.13. The third-order valence-corrected chi connectivity index (χ3v) is 3.65. The first kappa shape index (κ1) is 14.3. The maximum Gasteiger partial charge on any atom is 0.309 e. The Labute approximate surface area is 120 Å². The summed E-state index contributed by atoms with van der Waals surface area (Å²) in [5, 5.41) is 10.9. The Hall–Kier alpha value is -2.15. The van der Waals surface area contributed by atoms with Crippen LogP contribution in [0.15, 0.2) is 22.9 Å². The number of hydrogen-bond acceptors (Lipinski definition) is 4. The molecule has 2 rings (SSSR count). The highest BCUT2D eigenvalue weighted by Gasteiger charge is 2.19. The molecule has 20 heavy (non-hydrogen) atoms. The molecule has 1 atom stereocenters. The van der Waals surface area contributed by atoms with Crippen molar-refractivity contribution in [1.29, 1.82) is 0 Å². The minimum absolute atomic E-state index is 0.154. The summed E-state index contributed by atoms with van der Waals surface area (Å²) in [6, 6.07) is 3.79. The lowest BCUT2D eigenvalue weighted by atomic mass is 10.1. The van der Waals surface area contributed by atoms with E-state index in [1.54, 1.807) is 11.3 Å². The number of aromatic nitrogens is 2. The lowest BCUT2D eigenvalue weighted by molar-refractivity contribution is -0.137. The monoisotopic (exact) mass is 292 g/mol. The molecule has 0 fully saturated rings. The minimum Gasteiger partial charge on any atom is -0.361 e. The number of nitrogens with one attached hydrogen (secondary N) is 1. The van der Waals surface area contributed by atoms with E-state index in [1.165, 1.54) is 0 Å². The van der Waals surface area contributed by atoms with E-state index in [0.29, 0.717) is 0 Å².